The van der Waals surface area contributed by atoms with E-state index in [0.29, 0.717) is 18.8 Å². The average molecular weight is 635 g/mol. The summed E-state index contributed by atoms with van der Waals surface area (Å²) in [5.74, 6) is 0.344. The zero-order valence-electron chi connectivity index (χ0n) is 29.8. The van der Waals surface area contributed by atoms with Crippen LogP contribution in [0.25, 0.3) is 0 Å². The molecule has 0 spiro atoms. The van der Waals surface area contributed by atoms with Crippen molar-refractivity contribution in [1.29, 1.82) is 0 Å². The summed E-state index contributed by atoms with van der Waals surface area (Å²) >= 11 is 0. The van der Waals surface area contributed by atoms with Crippen molar-refractivity contribution in [3.63, 3.8) is 0 Å². The number of fused-ring (bicyclic) bond motifs is 1. The van der Waals surface area contributed by atoms with Crippen molar-refractivity contribution in [3.05, 3.63) is 23.8 Å². The molecular formula is C35H62O6Si2. The summed E-state index contributed by atoms with van der Waals surface area (Å²) in [5.41, 5.74) is 0.627. The molecule has 2 aliphatic carbocycles. The Morgan fingerprint density at radius 1 is 0.907 bits per heavy atom. The molecule has 0 unspecified atom stereocenters. The van der Waals surface area contributed by atoms with Crippen molar-refractivity contribution in [3.8, 4) is 0 Å². The molecule has 0 saturated carbocycles. The fourth-order valence-corrected chi connectivity index (χ4v) is 8.65. The lowest BCUT2D eigenvalue weighted by molar-refractivity contribution is -0.165. The fourth-order valence-electron chi connectivity index (χ4n) is 6.00. The molecule has 0 N–H and O–H groups in total. The van der Waals surface area contributed by atoms with Crippen LogP contribution in [0.15, 0.2) is 23.8 Å². The zero-order valence-corrected chi connectivity index (χ0v) is 31.8. The summed E-state index contributed by atoms with van der Waals surface area (Å²) in [4.78, 5) is 25.9. The Kier molecular flexibility index (Phi) is 10.9. The minimum atomic E-state index is -2.03. The standard InChI is InChI=1S/C35H62O6Si2/c1-23-15-16-24-19-26(40-42(11,12)34(5,6)7)21-29(39-32(37)33(2,3)4)31(24)28(23)18-17-25-20-27(22-30(36)38-25)41-43(13,14)35(8,9)10/h15-16,19,23,25-29,31H,17-18,20-22H2,1-14H3/t23-,25+,26+,27+,28-,29+,31-/m0/s1. The summed E-state index contributed by atoms with van der Waals surface area (Å²) < 4.78 is 25.8. The summed E-state index contributed by atoms with van der Waals surface area (Å²) in [6.45, 7) is 30.5. The maximum atomic E-state index is 13.2. The van der Waals surface area contributed by atoms with E-state index in [1.165, 1.54) is 5.57 Å². The van der Waals surface area contributed by atoms with Crippen LogP contribution >= 0.6 is 0 Å². The Hall–Kier alpha value is -1.23. The number of hydrogen-bond acceptors (Lipinski definition) is 6. The van der Waals surface area contributed by atoms with Gasteiger partial charge >= 0.3 is 11.9 Å². The van der Waals surface area contributed by atoms with E-state index in [0.717, 1.165) is 19.3 Å². The van der Waals surface area contributed by atoms with Crippen molar-refractivity contribution >= 4 is 28.6 Å². The minimum absolute atomic E-state index is 0.0863. The summed E-state index contributed by atoms with van der Waals surface area (Å²) in [6, 6.07) is 0. The molecule has 6 nitrogen and oxygen atoms in total. The molecule has 1 aliphatic heterocycles. The van der Waals surface area contributed by atoms with Crippen LogP contribution < -0.4 is 0 Å². The zero-order chi connectivity index (χ0) is 32.8. The van der Waals surface area contributed by atoms with Crippen LogP contribution in [0.5, 0.6) is 0 Å². The van der Waals surface area contributed by atoms with Crippen LogP contribution in [-0.2, 0) is 27.9 Å². The molecule has 3 aliphatic rings. The predicted octanol–water partition coefficient (Wildman–Crippen LogP) is 8.98. The molecule has 43 heavy (non-hydrogen) atoms. The van der Waals surface area contributed by atoms with Gasteiger partial charge in [-0.1, -0.05) is 66.7 Å². The Balaban J connectivity index is 1.83. The first-order chi connectivity index (χ1) is 19.4. The molecule has 0 aromatic carbocycles. The van der Waals surface area contributed by atoms with Crippen LogP contribution in [0.1, 0.15) is 101 Å². The van der Waals surface area contributed by atoms with Gasteiger partial charge in [-0.25, -0.2) is 0 Å². The number of esters is 2. The lowest BCUT2D eigenvalue weighted by atomic mass is 9.66. The highest BCUT2D eigenvalue weighted by Crippen LogP contribution is 2.47. The lowest BCUT2D eigenvalue weighted by Gasteiger charge is -2.46. The van der Waals surface area contributed by atoms with E-state index in [2.05, 4.69) is 92.9 Å². The number of allylic oxidation sites excluding steroid dienone is 2. The van der Waals surface area contributed by atoms with E-state index < -0.39 is 22.0 Å². The molecule has 7 atom stereocenters. The Labute approximate surface area is 265 Å². The average Bonchev–Trinajstić information content (AvgIpc) is 2.80. The fraction of sp³-hybridized carbons (Fsp3) is 0.829. The second kappa shape index (κ2) is 12.9. The number of rotatable bonds is 8. The monoisotopic (exact) mass is 634 g/mol. The van der Waals surface area contributed by atoms with Gasteiger partial charge in [0.05, 0.1) is 24.0 Å². The third kappa shape index (κ3) is 8.95. The van der Waals surface area contributed by atoms with Crippen molar-refractivity contribution in [2.24, 2.45) is 23.2 Å². The van der Waals surface area contributed by atoms with Gasteiger partial charge in [0.1, 0.15) is 12.2 Å². The van der Waals surface area contributed by atoms with Crippen molar-refractivity contribution in [2.75, 3.05) is 0 Å². The van der Waals surface area contributed by atoms with Crippen molar-refractivity contribution in [2.45, 2.75) is 162 Å². The predicted molar refractivity (Wildman–Crippen MR) is 180 cm³/mol. The van der Waals surface area contributed by atoms with Gasteiger partial charge in [-0.15, -0.1) is 0 Å². The third-order valence-corrected chi connectivity index (χ3v) is 19.8. The largest absolute Gasteiger partial charge is 0.462 e. The van der Waals surface area contributed by atoms with Gasteiger partial charge in [0.2, 0.25) is 0 Å². The molecule has 8 heteroatoms. The number of carbonyl (C=O) groups excluding carboxylic acids is 2. The van der Waals surface area contributed by atoms with Gasteiger partial charge in [-0.3, -0.25) is 9.59 Å². The maximum absolute atomic E-state index is 13.2. The first-order valence-electron chi connectivity index (χ1n) is 16.6. The Morgan fingerprint density at radius 2 is 1.49 bits per heavy atom. The number of ether oxygens (including phenoxy) is 2. The van der Waals surface area contributed by atoms with Crippen LogP contribution in [0.3, 0.4) is 0 Å². The summed E-state index contributed by atoms with van der Waals surface area (Å²) in [6.07, 6.45) is 9.63. The Bertz CT molecular complexity index is 1070. The van der Waals surface area contributed by atoms with E-state index in [9.17, 15) is 9.59 Å². The van der Waals surface area contributed by atoms with Gasteiger partial charge in [0.15, 0.2) is 16.6 Å². The topological polar surface area (TPSA) is 71.1 Å². The van der Waals surface area contributed by atoms with E-state index in [4.69, 9.17) is 18.3 Å². The quantitative estimate of drug-likeness (QED) is 0.196. The highest BCUT2D eigenvalue weighted by molar-refractivity contribution is 6.74. The Morgan fingerprint density at radius 3 is 2.05 bits per heavy atom. The molecule has 3 rings (SSSR count). The second-order valence-electron chi connectivity index (χ2n) is 17.5. The lowest BCUT2D eigenvalue weighted by Crippen LogP contribution is -2.49. The highest BCUT2D eigenvalue weighted by atomic mass is 28.4. The molecule has 246 valence electrons. The molecular weight excluding hydrogens is 573 g/mol. The molecule has 0 aromatic rings. The van der Waals surface area contributed by atoms with Gasteiger partial charge in [-0.05, 0) is 87.3 Å². The van der Waals surface area contributed by atoms with Crippen LogP contribution in [0.4, 0.5) is 0 Å². The summed E-state index contributed by atoms with van der Waals surface area (Å²) in [7, 11) is -4.03. The van der Waals surface area contributed by atoms with E-state index in [-0.39, 0.29) is 58.3 Å². The normalized spacial score (nSPS) is 30.8. The third-order valence-electron chi connectivity index (χ3n) is 10.8. The molecule has 1 fully saturated rings. The van der Waals surface area contributed by atoms with Crippen molar-refractivity contribution in [1.82, 2.24) is 0 Å². The molecule has 0 radical (unpaired) electrons. The first kappa shape index (κ1) is 36.2. The highest BCUT2D eigenvalue weighted by Gasteiger charge is 2.47. The number of cyclic esters (lactones) is 1. The minimum Gasteiger partial charge on any atom is -0.462 e. The van der Waals surface area contributed by atoms with Gasteiger partial charge < -0.3 is 18.3 Å². The van der Waals surface area contributed by atoms with E-state index >= 15 is 0 Å². The number of hydrogen-bond donors (Lipinski definition) is 0. The molecule has 1 heterocycles. The second-order valence-corrected chi connectivity index (χ2v) is 27.1. The van der Waals surface area contributed by atoms with E-state index in [1.54, 1.807) is 0 Å². The van der Waals surface area contributed by atoms with Crippen molar-refractivity contribution < 1.29 is 27.9 Å². The van der Waals surface area contributed by atoms with Gasteiger partial charge in [0.25, 0.3) is 0 Å². The molecule has 0 aromatic heterocycles. The molecule has 0 bridgehead atoms. The summed E-state index contributed by atoms with van der Waals surface area (Å²) in [5, 5.41) is 0.173. The first-order valence-corrected chi connectivity index (χ1v) is 22.4. The smallest absolute Gasteiger partial charge is 0.311 e. The van der Waals surface area contributed by atoms with Gasteiger partial charge in [0, 0.05) is 18.8 Å². The maximum Gasteiger partial charge on any atom is 0.311 e. The molecule has 0 amide bonds. The SMILES string of the molecule is C[C@H]1C=CC2=C[C@@H](O[Si](C)(C)C(C)(C)C)C[C@@H](OC(=O)C(C)(C)C)[C@@H]2[C@H]1CC[C@@H]1C[C@@H](O[Si](C)(C)C(C)(C)C)CC(=O)O1. The number of carbonyl (C=O) groups is 2. The van der Waals surface area contributed by atoms with Crippen LogP contribution in [0, 0.1) is 23.2 Å². The van der Waals surface area contributed by atoms with Crippen LogP contribution in [-0.4, -0.2) is 53.0 Å². The molecule has 1 saturated heterocycles. The van der Waals surface area contributed by atoms with Crippen LogP contribution in [0.2, 0.25) is 36.3 Å². The van der Waals surface area contributed by atoms with Gasteiger partial charge in [-0.2, -0.15) is 0 Å². The van der Waals surface area contributed by atoms with E-state index in [1.807, 2.05) is 20.8 Å².